The number of pyridine rings is 1. The van der Waals surface area contributed by atoms with Crippen LogP contribution in [0.1, 0.15) is 5.69 Å². The molecule has 2 aromatic rings. The molecule has 0 aliphatic heterocycles. The van der Waals surface area contributed by atoms with E-state index in [2.05, 4.69) is 10.1 Å². The van der Waals surface area contributed by atoms with E-state index < -0.39 is 0 Å². The molecule has 0 aliphatic carbocycles. The molecule has 0 radical (unpaired) electrons. The summed E-state index contributed by atoms with van der Waals surface area (Å²) in [5.74, 6) is 0.220. The first-order valence-corrected chi connectivity index (χ1v) is 4.32. The summed E-state index contributed by atoms with van der Waals surface area (Å²) in [5.41, 5.74) is 2.41. The Morgan fingerprint density at radius 2 is 2.14 bits per heavy atom. The predicted molar refractivity (Wildman–Crippen MR) is 52.8 cm³/mol. The molecular formula is C10H11N3O. The van der Waals surface area contributed by atoms with Crippen LogP contribution in [0, 0.1) is 6.92 Å². The van der Waals surface area contributed by atoms with Crippen molar-refractivity contribution in [2.75, 3.05) is 0 Å². The fourth-order valence-electron chi connectivity index (χ4n) is 1.27. The van der Waals surface area contributed by atoms with Crippen LogP contribution in [0.15, 0.2) is 24.5 Å². The molecule has 0 saturated heterocycles. The minimum absolute atomic E-state index is 0.220. The second-order valence-electron chi connectivity index (χ2n) is 3.20. The lowest BCUT2D eigenvalue weighted by atomic mass is 10.2. The van der Waals surface area contributed by atoms with Crippen LogP contribution in [0.4, 0.5) is 0 Å². The molecule has 4 nitrogen and oxygen atoms in total. The highest BCUT2D eigenvalue weighted by Crippen LogP contribution is 2.20. The summed E-state index contributed by atoms with van der Waals surface area (Å²) in [7, 11) is 1.86. The van der Waals surface area contributed by atoms with Crippen LogP contribution in [-0.4, -0.2) is 19.9 Å². The van der Waals surface area contributed by atoms with Gasteiger partial charge in [-0.1, -0.05) is 0 Å². The monoisotopic (exact) mass is 189 g/mol. The lowest BCUT2D eigenvalue weighted by Gasteiger charge is -2.00. The quantitative estimate of drug-likeness (QED) is 0.739. The van der Waals surface area contributed by atoms with Gasteiger partial charge >= 0.3 is 0 Å². The van der Waals surface area contributed by atoms with E-state index in [1.165, 1.54) is 0 Å². The zero-order valence-electron chi connectivity index (χ0n) is 8.10. The van der Waals surface area contributed by atoms with Crippen LogP contribution in [0.2, 0.25) is 0 Å². The number of aromatic nitrogens is 3. The van der Waals surface area contributed by atoms with Gasteiger partial charge in [-0.2, -0.15) is 5.10 Å². The van der Waals surface area contributed by atoms with Gasteiger partial charge in [-0.15, -0.1) is 0 Å². The summed E-state index contributed by atoms with van der Waals surface area (Å²) in [6.07, 6.45) is 3.64. The molecular weight excluding hydrogens is 178 g/mol. The van der Waals surface area contributed by atoms with Crippen molar-refractivity contribution >= 4 is 0 Å². The molecule has 0 bridgehead atoms. The van der Waals surface area contributed by atoms with Crippen molar-refractivity contribution in [3.05, 3.63) is 30.2 Å². The zero-order valence-corrected chi connectivity index (χ0v) is 8.10. The number of aryl methyl sites for hydroxylation is 2. The minimum atomic E-state index is 0.220. The Balaban J connectivity index is 2.47. The molecule has 2 rings (SSSR count). The molecule has 0 aromatic carbocycles. The number of aromatic hydroxyl groups is 1. The fourth-order valence-corrected chi connectivity index (χ4v) is 1.27. The van der Waals surface area contributed by atoms with Crippen LogP contribution in [0.3, 0.4) is 0 Å². The Kier molecular flexibility index (Phi) is 1.96. The van der Waals surface area contributed by atoms with Gasteiger partial charge in [0.1, 0.15) is 5.75 Å². The highest BCUT2D eigenvalue weighted by atomic mass is 16.3. The number of rotatable bonds is 1. The third-order valence-corrected chi connectivity index (χ3v) is 2.06. The van der Waals surface area contributed by atoms with Crippen molar-refractivity contribution in [2.45, 2.75) is 6.92 Å². The fraction of sp³-hybridized carbons (Fsp3) is 0.200. The molecule has 0 amide bonds. The van der Waals surface area contributed by atoms with Crippen molar-refractivity contribution in [3.63, 3.8) is 0 Å². The molecule has 14 heavy (non-hydrogen) atoms. The van der Waals surface area contributed by atoms with Gasteiger partial charge in [-0.3, -0.25) is 4.68 Å². The minimum Gasteiger partial charge on any atom is -0.506 e. The predicted octanol–water partition coefficient (Wildman–Crippen LogP) is 1.50. The van der Waals surface area contributed by atoms with Gasteiger partial charge in [0, 0.05) is 18.8 Å². The third kappa shape index (κ3) is 1.46. The summed E-state index contributed by atoms with van der Waals surface area (Å²) in [4.78, 5) is 4.25. The molecule has 2 heterocycles. The zero-order chi connectivity index (χ0) is 10.1. The van der Waals surface area contributed by atoms with Gasteiger partial charge in [-0.25, -0.2) is 4.98 Å². The van der Waals surface area contributed by atoms with Crippen molar-refractivity contribution in [2.24, 2.45) is 7.05 Å². The second kappa shape index (κ2) is 3.14. The van der Waals surface area contributed by atoms with Crippen LogP contribution in [-0.2, 0) is 7.05 Å². The van der Waals surface area contributed by atoms with Gasteiger partial charge in [0.05, 0.1) is 17.6 Å². The van der Waals surface area contributed by atoms with Gasteiger partial charge < -0.3 is 5.11 Å². The molecule has 0 saturated carbocycles. The molecule has 0 fully saturated rings. The van der Waals surface area contributed by atoms with E-state index in [0.717, 1.165) is 11.3 Å². The molecule has 0 atom stereocenters. The smallest absolute Gasteiger partial charge is 0.136 e. The normalized spacial score (nSPS) is 10.4. The van der Waals surface area contributed by atoms with Gasteiger partial charge in [0.25, 0.3) is 0 Å². The number of hydrogen-bond donors (Lipinski definition) is 1. The highest BCUT2D eigenvalue weighted by molar-refractivity contribution is 5.58. The van der Waals surface area contributed by atoms with Crippen molar-refractivity contribution < 1.29 is 5.11 Å². The van der Waals surface area contributed by atoms with E-state index in [1.54, 1.807) is 29.9 Å². The maximum absolute atomic E-state index is 9.31. The number of hydrogen-bond acceptors (Lipinski definition) is 3. The Labute approximate surface area is 81.8 Å². The lowest BCUT2D eigenvalue weighted by Crippen LogP contribution is -1.86. The molecule has 0 spiro atoms. The van der Waals surface area contributed by atoms with E-state index in [0.29, 0.717) is 5.69 Å². The van der Waals surface area contributed by atoms with Crippen LogP contribution in [0.5, 0.6) is 5.75 Å². The van der Waals surface area contributed by atoms with Crippen LogP contribution >= 0.6 is 0 Å². The second-order valence-corrected chi connectivity index (χ2v) is 3.20. The highest BCUT2D eigenvalue weighted by Gasteiger charge is 2.03. The van der Waals surface area contributed by atoms with Gasteiger partial charge in [0.2, 0.25) is 0 Å². The molecule has 0 aliphatic rings. The lowest BCUT2D eigenvalue weighted by molar-refractivity contribution is 0.468. The van der Waals surface area contributed by atoms with Gasteiger partial charge in [0.15, 0.2) is 0 Å². The maximum Gasteiger partial charge on any atom is 0.136 e. The van der Waals surface area contributed by atoms with E-state index in [4.69, 9.17) is 0 Å². The SMILES string of the molecule is Cc1nc(-c2cnn(C)c2)ccc1O. The topological polar surface area (TPSA) is 50.9 Å². The summed E-state index contributed by atoms with van der Waals surface area (Å²) in [6, 6.07) is 3.42. The Morgan fingerprint density at radius 3 is 2.71 bits per heavy atom. The first-order valence-electron chi connectivity index (χ1n) is 4.32. The van der Waals surface area contributed by atoms with Crippen molar-refractivity contribution in [3.8, 4) is 17.0 Å². The summed E-state index contributed by atoms with van der Waals surface area (Å²) in [5, 5.41) is 13.4. The summed E-state index contributed by atoms with van der Waals surface area (Å²) < 4.78 is 1.72. The Hall–Kier alpha value is -1.84. The standard InChI is InChI=1S/C10H11N3O/c1-7-10(14)4-3-9(12-7)8-5-11-13(2)6-8/h3-6,14H,1-2H3. The Morgan fingerprint density at radius 1 is 1.36 bits per heavy atom. The average molecular weight is 189 g/mol. The largest absolute Gasteiger partial charge is 0.506 e. The third-order valence-electron chi connectivity index (χ3n) is 2.06. The molecule has 72 valence electrons. The van der Waals surface area contributed by atoms with E-state index >= 15 is 0 Å². The first kappa shape index (κ1) is 8.74. The summed E-state index contributed by atoms with van der Waals surface area (Å²) in [6.45, 7) is 1.77. The van der Waals surface area contributed by atoms with E-state index in [9.17, 15) is 5.11 Å². The molecule has 0 unspecified atom stereocenters. The molecule has 4 heteroatoms. The first-order chi connectivity index (χ1) is 6.66. The van der Waals surface area contributed by atoms with Crippen LogP contribution < -0.4 is 0 Å². The van der Waals surface area contributed by atoms with Gasteiger partial charge in [-0.05, 0) is 19.1 Å². The molecule has 1 N–H and O–H groups in total. The Bertz CT molecular complexity index is 462. The average Bonchev–Trinajstić information content (AvgIpc) is 2.57. The van der Waals surface area contributed by atoms with Crippen molar-refractivity contribution in [1.29, 1.82) is 0 Å². The number of nitrogens with zero attached hydrogens (tertiary/aromatic N) is 3. The van der Waals surface area contributed by atoms with Crippen molar-refractivity contribution in [1.82, 2.24) is 14.8 Å². The van der Waals surface area contributed by atoms with E-state index in [-0.39, 0.29) is 5.75 Å². The summed E-state index contributed by atoms with van der Waals surface area (Å²) >= 11 is 0. The maximum atomic E-state index is 9.31. The molecule has 2 aromatic heterocycles. The van der Waals surface area contributed by atoms with E-state index in [1.807, 2.05) is 13.2 Å². The van der Waals surface area contributed by atoms with Crippen LogP contribution in [0.25, 0.3) is 11.3 Å².